The summed E-state index contributed by atoms with van der Waals surface area (Å²) in [5.74, 6) is 0.700. The molecule has 1 N–H and O–H groups in total. The number of hydrogen-bond donors (Lipinski definition) is 1. The van der Waals surface area contributed by atoms with Gasteiger partial charge in [-0.2, -0.15) is 4.31 Å². The molecule has 0 amide bonds. The van der Waals surface area contributed by atoms with Gasteiger partial charge in [0, 0.05) is 24.5 Å². The first kappa shape index (κ1) is 15.9. The fraction of sp³-hybridized carbons (Fsp3) is 0.714. The molecule has 0 aromatic carbocycles. The molecule has 1 fully saturated rings. The molecule has 0 saturated carbocycles. The highest BCUT2D eigenvalue weighted by molar-refractivity contribution is 7.89. The molecule has 114 valence electrons. The number of rotatable bonds is 6. The van der Waals surface area contributed by atoms with Gasteiger partial charge in [0.15, 0.2) is 0 Å². The molecule has 2 rings (SSSR count). The molecule has 1 aliphatic rings. The Labute approximate surface area is 126 Å². The van der Waals surface area contributed by atoms with E-state index >= 15 is 0 Å². The summed E-state index contributed by atoms with van der Waals surface area (Å²) >= 11 is 1.51. The van der Waals surface area contributed by atoms with Crippen molar-refractivity contribution in [1.29, 1.82) is 0 Å². The Balaban J connectivity index is 2.09. The van der Waals surface area contributed by atoms with Gasteiger partial charge in [0.05, 0.1) is 4.90 Å². The normalized spacial score (nSPS) is 18.5. The summed E-state index contributed by atoms with van der Waals surface area (Å²) in [4.78, 5) is 1.40. The summed E-state index contributed by atoms with van der Waals surface area (Å²) in [5, 5.41) is 4.90. The zero-order valence-electron chi connectivity index (χ0n) is 12.3. The van der Waals surface area contributed by atoms with Gasteiger partial charge in [0.2, 0.25) is 10.0 Å². The minimum absolute atomic E-state index is 0.491. The van der Waals surface area contributed by atoms with E-state index in [1.165, 1.54) is 24.2 Å². The highest BCUT2D eigenvalue weighted by Gasteiger charge is 2.30. The number of thiophene rings is 1. The Kier molecular flexibility index (Phi) is 5.60. The molecule has 1 saturated heterocycles. The SMILES string of the molecule is CCCC1CCN(S(=O)(=O)c2ccsc2CNC)CC1. The van der Waals surface area contributed by atoms with Crippen LogP contribution in [0.25, 0.3) is 0 Å². The fourth-order valence-corrected chi connectivity index (χ4v) is 5.73. The maximum absolute atomic E-state index is 12.7. The van der Waals surface area contributed by atoms with Crippen LogP contribution in [0.5, 0.6) is 0 Å². The number of piperidine rings is 1. The van der Waals surface area contributed by atoms with Crippen molar-refractivity contribution in [3.63, 3.8) is 0 Å². The van der Waals surface area contributed by atoms with Crippen LogP contribution < -0.4 is 5.32 Å². The second kappa shape index (κ2) is 7.02. The average Bonchev–Trinajstić information content (AvgIpc) is 2.89. The van der Waals surface area contributed by atoms with Gasteiger partial charge in [0.1, 0.15) is 0 Å². The molecule has 0 aliphatic carbocycles. The molecule has 6 heteroatoms. The van der Waals surface area contributed by atoms with E-state index in [1.807, 2.05) is 12.4 Å². The molecule has 1 aromatic heterocycles. The number of sulfonamides is 1. The Hall–Kier alpha value is -0.430. The molecule has 0 atom stereocenters. The topological polar surface area (TPSA) is 49.4 Å². The summed E-state index contributed by atoms with van der Waals surface area (Å²) in [5.41, 5.74) is 0. The summed E-state index contributed by atoms with van der Waals surface area (Å²) < 4.78 is 27.1. The minimum Gasteiger partial charge on any atom is -0.315 e. The molecule has 1 aliphatic heterocycles. The second-order valence-corrected chi connectivity index (χ2v) is 8.28. The first-order valence-corrected chi connectivity index (χ1v) is 9.62. The van der Waals surface area contributed by atoms with Crippen LogP contribution in [-0.2, 0) is 16.6 Å². The van der Waals surface area contributed by atoms with Crippen molar-refractivity contribution in [3.8, 4) is 0 Å². The van der Waals surface area contributed by atoms with Gasteiger partial charge in [-0.05, 0) is 37.3 Å². The van der Waals surface area contributed by atoms with E-state index in [0.717, 1.165) is 17.7 Å². The van der Waals surface area contributed by atoms with E-state index in [2.05, 4.69) is 12.2 Å². The quantitative estimate of drug-likeness (QED) is 0.878. The van der Waals surface area contributed by atoms with Gasteiger partial charge in [-0.15, -0.1) is 11.3 Å². The molecule has 2 heterocycles. The molecule has 1 aromatic rings. The van der Waals surface area contributed by atoms with Crippen LogP contribution in [0.15, 0.2) is 16.3 Å². The van der Waals surface area contributed by atoms with E-state index in [4.69, 9.17) is 0 Å². The van der Waals surface area contributed by atoms with Crippen LogP contribution in [0.2, 0.25) is 0 Å². The number of hydrogen-bond acceptors (Lipinski definition) is 4. The summed E-state index contributed by atoms with van der Waals surface area (Å²) in [6, 6.07) is 1.74. The lowest BCUT2D eigenvalue weighted by molar-refractivity contribution is 0.262. The van der Waals surface area contributed by atoms with Crippen molar-refractivity contribution in [2.24, 2.45) is 5.92 Å². The second-order valence-electron chi connectivity index (χ2n) is 5.37. The van der Waals surface area contributed by atoms with Gasteiger partial charge >= 0.3 is 0 Å². The first-order chi connectivity index (χ1) is 9.59. The lowest BCUT2D eigenvalue weighted by Crippen LogP contribution is -2.38. The predicted molar refractivity (Wildman–Crippen MR) is 83.5 cm³/mol. The highest BCUT2D eigenvalue weighted by Crippen LogP contribution is 2.29. The zero-order chi connectivity index (χ0) is 14.6. The lowest BCUT2D eigenvalue weighted by atomic mass is 9.94. The zero-order valence-corrected chi connectivity index (χ0v) is 13.9. The van der Waals surface area contributed by atoms with Crippen LogP contribution in [-0.4, -0.2) is 32.9 Å². The van der Waals surface area contributed by atoms with E-state index in [0.29, 0.717) is 30.4 Å². The Bertz CT molecular complexity index is 517. The van der Waals surface area contributed by atoms with Crippen molar-refractivity contribution in [2.75, 3.05) is 20.1 Å². The molecular formula is C14H24N2O2S2. The average molecular weight is 316 g/mol. The van der Waals surface area contributed by atoms with Gasteiger partial charge in [-0.3, -0.25) is 0 Å². The van der Waals surface area contributed by atoms with Gasteiger partial charge < -0.3 is 5.32 Å². The third-order valence-corrected chi connectivity index (χ3v) is 6.96. The summed E-state index contributed by atoms with van der Waals surface area (Å²) in [7, 11) is -1.47. The van der Waals surface area contributed by atoms with Crippen molar-refractivity contribution in [1.82, 2.24) is 9.62 Å². The van der Waals surface area contributed by atoms with Crippen LogP contribution >= 0.6 is 11.3 Å². The molecule has 4 nitrogen and oxygen atoms in total. The monoisotopic (exact) mass is 316 g/mol. The molecular weight excluding hydrogens is 292 g/mol. The third kappa shape index (κ3) is 3.42. The molecule has 0 radical (unpaired) electrons. The van der Waals surface area contributed by atoms with Crippen molar-refractivity contribution >= 4 is 21.4 Å². The minimum atomic E-state index is -3.31. The highest BCUT2D eigenvalue weighted by atomic mass is 32.2. The maximum Gasteiger partial charge on any atom is 0.244 e. The van der Waals surface area contributed by atoms with Crippen LogP contribution in [0.1, 0.15) is 37.5 Å². The van der Waals surface area contributed by atoms with E-state index < -0.39 is 10.0 Å². The largest absolute Gasteiger partial charge is 0.315 e. The lowest BCUT2D eigenvalue weighted by Gasteiger charge is -2.31. The van der Waals surface area contributed by atoms with E-state index in [-0.39, 0.29) is 0 Å². The van der Waals surface area contributed by atoms with Crippen LogP contribution in [0, 0.1) is 5.92 Å². The van der Waals surface area contributed by atoms with E-state index in [9.17, 15) is 8.42 Å². The van der Waals surface area contributed by atoms with Gasteiger partial charge in [-0.25, -0.2) is 8.42 Å². The van der Waals surface area contributed by atoms with Crippen molar-refractivity contribution in [3.05, 3.63) is 16.3 Å². The smallest absolute Gasteiger partial charge is 0.244 e. The maximum atomic E-state index is 12.7. The van der Waals surface area contributed by atoms with Crippen molar-refractivity contribution < 1.29 is 8.42 Å². The predicted octanol–water partition coefficient (Wildman–Crippen LogP) is 2.67. The standard InChI is InChI=1S/C14H24N2O2S2/c1-3-4-12-5-8-16(9-6-12)20(17,18)14-7-10-19-13(14)11-15-2/h7,10,12,15H,3-6,8-9,11H2,1-2H3. The first-order valence-electron chi connectivity index (χ1n) is 7.30. The van der Waals surface area contributed by atoms with E-state index in [1.54, 1.807) is 10.4 Å². The molecule has 0 spiro atoms. The van der Waals surface area contributed by atoms with Gasteiger partial charge in [-0.1, -0.05) is 19.8 Å². The Morgan fingerprint density at radius 1 is 1.40 bits per heavy atom. The Morgan fingerprint density at radius 3 is 2.70 bits per heavy atom. The van der Waals surface area contributed by atoms with Gasteiger partial charge in [0.25, 0.3) is 0 Å². The summed E-state index contributed by atoms with van der Waals surface area (Å²) in [6.45, 7) is 4.14. The summed E-state index contributed by atoms with van der Waals surface area (Å²) in [6.07, 6.45) is 4.41. The number of nitrogens with zero attached hydrogens (tertiary/aromatic N) is 1. The molecule has 20 heavy (non-hydrogen) atoms. The Morgan fingerprint density at radius 2 is 2.10 bits per heavy atom. The van der Waals surface area contributed by atoms with Crippen LogP contribution in [0.4, 0.5) is 0 Å². The van der Waals surface area contributed by atoms with Crippen molar-refractivity contribution in [2.45, 2.75) is 44.0 Å². The molecule has 0 unspecified atom stereocenters. The fourth-order valence-electron chi connectivity index (χ4n) is 2.83. The molecule has 0 bridgehead atoms. The van der Waals surface area contributed by atoms with Crippen LogP contribution in [0.3, 0.4) is 0 Å². The third-order valence-electron chi connectivity index (χ3n) is 3.93. The number of nitrogens with one attached hydrogen (secondary N) is 1.